The first-order chi connectivity index (χ1) is 12.0. The molecule has 3 rings (SSSR count). The summed E-state index contributed by atoms with van der Waals surface area (Å²) >= 11 is 0.976. The van der Waals surface area contributed by atoms with Gasteiger partial charge < -0.3 is 9.64 Å². The lowest BCUT2D eigenvalue weighted by molar-refractivity contribution is -0.0327. The lowest BCUT2D eigenvalue weighted by Gasteiger charge is -2.24. The van der Waals surface area contributed by atoms with Crippen LogP contribution in [0.2, 0.25) is 0 Å². The minimum atomic E-state index is -4.41. The number of hydrogen-bond donors (Lipinski definition) is 0. The molecule has 0 unspecified atom stereocenters. The number of thioether (sulfide) groups is 1. The summed E-state index contributed by atoms with van der Waals surface area (Å²) in [5.41, 5.74) is -3.31. The van der Waals surface area contributed by atoms with E-state index in [0.717, 1.165) is 0 Å². The Morgan fingerprint density at radius 2 is 2.04 bits per heavy atom. The summed E-state index contributed by atoms with van der Waals surface area (Å²) in [6.07, 6.45) is -0.455. The monoisotopic (exact) mass is 406 g/mol. The zero-order chi connectivity index (χ0) is 19.1. The number of carbonyl (C=O) groups excluding carboxylic acids is 1. The summed E-state index contributed by atoms with van der Waals surface area (Å²) in [4.78, 5) is 24.2. The van der Waals surface area contributed by atoms with E-state index in [1.54, 1.807) is 25.7 Å². The van der Waals surface area contributed by atoms with Crippen molar-refractivity contribution >= 4 is 45.4 Å². The number of pyridine rings is 1. The van der Waals surface area contributed by atoms with Gasteiger partial charge in [-0.3, -0.25) is 4.90 Å². The molecule has 26 heavy (non-hydrogen) atoms. The lowest BCUT2D eigenvalue weighted by Crippen LogP contribution is -2.36. The van der Waals surface area contributed by atoms with E-state index in [0.29, 0.717) is 23.7 Å². The largest absolute Gasteiger partial charge is 0.446 e. The zero-order valence-corrected chi connectivity index (χ0v) is 16.0. The maximum atomic E-state index is 12.8. The molecular weight excluding hydrogens is 389 g/mol. The molecule has 0 radical (unpaired) electrons. The number of anilines is 1. The van der Waals surface area contributed by atoms with Gasteiger partial charge in [0.2, 0.25) is 0 Å². The molecule has 1 aliphatic rings. The van der Waals surface area contributed by atoms with Crippen LogP contribution < -0.4 is 4.90 Å². The summed E-state index contributed by atoms with van der Waals surface area (Å²) < 4.78 is 43.9. The molecule has 2 aromatic heterocycles. The van der Waals surface area contributed by atoms with Gasteiger partial charge in [-0.2, -0.15) is 13.2 Å². The summed E-state index contributed by atoms with van der Waals surface area (Å²) in [5.74, 6) is 0.388. The Bertz CT molecular complexity index is 819. The average molecular weight is 406 g/mol. The molecule has 142 valence electrons. The Kier molecular flexibility index (Phi) is 4.95. The third kappa shape index (κ3) is 4.50. The first-order valence-corrected chi connectivity index (χ1v) is 9.44. The smallest absolute Gasteiger partial charge is 0.444 e. The predicted octanol–water partition coefficient (Wildman–Crippen LogP) is 4.32. The van der Waals surface area contributed by atoms with E-state index < -0.39 is 17.2 Å². The van der Waals surface area contributed by atoms with E-state index >= 15 is 0 Å². The standard InChI is InChI=1S/C15H17F3N4O2S2/c1-14(2,3)24-13(23)22-5-4-21(8-22)10-6-9(26-15(16,17)18)11-12(20-10)25-7-19-11/h6-7H,4-5,8H2,1-3H3. The van der Waals surface area contributed by atoms with Crippen molar-refractivity contribution in [3.8, 4) is 0 Å². The van der Waals surface area contributed by atoms with Crippen LogP contribution in [0.15, 0.2) is 16.5 Å². The molecule has 1 saturated heterocycles. The number of fused-ring (bicyclic) bond motifs is 1. The van der Waals surface area contributed by atoms with Crippen molar-refractivity contribution in [2.45, 2.75) is 36.8 Å². The topological polar surface area (TPSA) is 58.6 Å². The lowest BCUT2D eigenvalue weighted by atomic mass is 10.2. The van der Waals surface area contributed by atoms with Crippen LogP contribution in [-0.4, -0.2) is 51.8 Å². The molecule has 1 aliphatic heterocycles. The van der Waals surface area contributed by atoms with Crippen LogP contribution in [0, 0.1) is 0 Å². The number of rotatable bonds is 2. The van der Waals surface area contributed by atoms with E-state index in [-0.39, 0.29) is 28.8 Å². The normalized spacial score (nSPS) is 15.8. The number of thiazole rings is 1. The average Bonchev–Trinajstić information content (AvgIpc) is 3.12. The van der Waals surface area contributed by atoms with Gasteiger partial charge in [-0.15, -0.1) is 11.3 Å². The van der Waals surface area contributed by atoms with Crippen molar-refractivity contribution in [1.82, 2.24) is 14.9 Å². The van der Waals surface area contributed by atoms with Crippen LogP contribution in [0.3, 0.4) is 0 Å². The van der Waals surface area contributed by atoms with E-state index in [9.17, 15) is 18.0 Å². The van der Waals surface area contributed by atoms with Gasteiger partial charge in [-0.1, -0.05) is 0 Å². The Morgan fingerprint density at radius 3 is 2.69 bits per heavy atom. The van der Waals surface area contributed by atoms with E-state index in [4.69, 9.17) is 4.74 Å². The molecule has 1 amide bonds. The van der Waals surface area contributed by atoms with Crippen LogP contribution in [0.1, 0.15) is 20.8 Å². The summed E-state index contributed by atoms with van der Waals surface area (Å²) in [6.45, 7) is 6.42. The molecule has 0 saturated carbocycles. The van der Waals surface area contributed by atoms with E-state index in [1.165, 1.54) is 27.8 Å². The van der Waals surface area contributed by atoms with Crippen molar-refractivity contribution in [3.63, 3.8) is 0 Å². The molecule has 2 aromatic rings. The molecule has 0 atom stereocenters. The highest BCUT2D eigenvalue weighted by Gasteiger charge is 2.33. The second-order valence-corrected chi connectivity index (χ2v) is 8.62. The summed E-state index contributed by atoms with van der Waals surface area (Å²) in [7, 11) is 0. The third-order valence-electron chi connectivity index (χ3n) is 3.44. The predicted molar refractivity (Wildman–Crippen MR) is 94.5 cm³/mol. The fourth-order valence-corrected chi connectivity index (χ4v) is 3.83. The van der Waals surface area contributed by atoms with Gasteiger partial charge in [0, 0.05) is 18.0 Å². The highest BCUT2D eigenvalue weighted by Crippen LogP contribution is 2.41. The first kappa shape index (κ1) is 19.0. The number of hydrogen-bond acceptors (Lipinski definition) is 7. The van der Waals surface area contributed by atoms with Crippen molar-refractivity contribution in [2.75, 3.05) is 24.7 Å². The molecule has 0 aliphatic carbocycles. The fraction of sp³-hybridized carbons (Fsp3) is 0.533. The molecule has 0 N–H and O–H groups in total. The highest BCUT2D eigenvalue weighted by molar-refractivity contribution is 8.00. The number of halogens is 3. The number of alkyl halides is 3. The molecule has 0 spiro atoms. The molecule has 11 heteroatoms. The van der Waals surface area contributed by atoms with Crippen LogP contribution in [0.5, 0.6) is 0 Å². The Labute approximate surface area is 156 Å². The van der Waals surface area contributed by atoms with Gasteiger partial charge in [0.15, 0.2) is 0 Å². The van der Waals surface area contributed by atoms with Crippen molar-refractivity contribution in [1.29, 1.82) is 0 Å². The Hall–Kier alpha value is -1.75. The fourth-order valence-electron chi connectivity index (χ4n) is 2.43. The third-order valence-corrected chi connectivity index (χ3v) is 4.92. The van der Waals surface area contributed by atoms with Gasteiger partial charge >= 0.3 is 11.6 Å². The van der Waals surface area contributed by atoms with Crippen LogP contribution in [0.4, 0.5) is 23.8 Å². The number of carbonyl (C=O) groups is 1. The molecule has 3 heterocycles. The quantitative estimate of drug-likeness (QED) is 0.693. The molecule has 1 fully saturated rings. The number of ether oxygens (including phenoxy) is 1. The van der Waals surface area contributed by atoms with E-state index in [1.807, 2.05) is 0 Å². The minimum Gasteiger partial charge on any atom is -0.444 e. The Balaban J connectivity index is 1.82. The van der Waals surface area contributed by atoms with Gasteiger partial charge in [-0.05, 0) is 38.6 Å². The number of aromatic nitrogens is 2. The van der Waals surface area contributed by atoms with Crippen molar-refractivity contribution in [3.05, 3.63) is 11.6 Å². The molecule has 6 nitrogen and oxygen atoms in total. The van der Waals surface area contributed by atoms with Gasteiger partial charge in [0.25, 0.3) is 0 Å². The Morgan fingerprint density at radius 1 is 1.31 bits per heavy atom. The number of nitrogens with zero attached hydrogens (tertiary/aromatic N) is 4. The first-order valence-electron chi connectivity index (χ1n) is 7.75. The van der Waals surface area contributed by atoms with Gasteiger partial charge in [0.1, 0.15) is 21.8 Å². The second-order valence-electron chi connectivity index (χ2n) is 6.68. The van der Waals surface area contributed by atoms with Gasteiger partial charge in [0.05, 0.1) is 12.2 Å². The maximum Gasteiger partial charge on any atom is 0.446 e. The summed E-state index contributed by atoms with van der Waals surface area (Å²) in [6, 6.07) is 1.37. The molecule has 0 aromatic carbocycles. The SMILES string of the molecule is CC(C)(C)OC(=O)N1CCN(c2cc(SC(F)(F)F)c3ncsc3n2)C1. The van der Waals surface area contributed by atoms with Crippen molar-refractivity contribution in [2.24, 2.45) is 0 Å². The van der Waals surface area contributed by atoms with Gasteiger partial charge in [-0.25, -0.2) is 14.8 Å². The van der Waals surface area contributed by atoms with Crippen LogP contribution in [0.25, 0.3) is 10.3 Å². The maximum absolute atomic E-state index is 12.8. The molecule has 0 bridgehead atoms. The van der Waals surface area contributed by atoms with Crippen LogP contribution in [-0.2, 0) is 4.74 Å². The zero-order valence-electron chi connectivity index (χ0n) is 14.3. The molecular formula is C15H17F3N4O2S2. The van der Waals surface area contributed by atoms with E-state index in [2.05, 4.69) is 9.97 Å². The van der Waals surface area contributed by atoms with Crippen molar-refractivity contribution < 1.29 is 22.7 Å². The number of amides is 1. The second kappa shape index (κ2) is 6.76. The summed E-state index contributed by atoms with van der Waals surface area (Å²) in [5, 5.41) is 0. The minimum absolute atomic E-state index is 0.00877. The highest BCUT2D eigenvalue weighted by atomic mass is 32.2. The van der Waals surface area contributed by atoms with Crippen LogP contribution >= 0.6 is 23.1 Å².